The lowest BCUT2D eigenvalue weighted by molar-refractivity contribution is -0.255. The third kappa shape index (κ3) is 2.57. The maximum Gasteiger partial charge on any atom is 0.0796 e. The third-order valence-electron chi connectivity index (χ3n) is 2.03. The molecule has 0 saturated carbocycles. The van der Waals surface area contributed by atoms with Crippen LogP contribution >= 0.6 is 0 Å². The van der Waals surface area contributed by atoms with E-state index in [0.29, 0.717) is 6.61 Å². The molecule has 0 bridgehead atoms. The normalized spacial score (nSPS) is 12.4. The molecule has 1 aromatic carbocycles. The van der Waals surface area contributed by atoms with Crippen molar-refractivity contribution >= 4 is 5.97 Å². The Balaban J connectivity index is 2.77. The van der Waals surface area contributed by atoms with Crippen LogP contribution in [0.4, 0.5) is 0 Å². The molecule has 3 heteroatoms. The van der Waals surface area contributed by atoms with Crippen LogP contribution in [0.15, 0.2) is 24.3 Å². The molecule has 0 radical (unpaired) electrons. The summed E-state index contributed by atoms with van der Waals surface area (Å²) in [6.07, 6.45) is -0.00389. The summed E-state index contributed by atoms with van der Waals surface area (Å²) in [5.41, 5.74) is 1.16. The Morgan fingerprint density at radius 2 is 2.00 bits per heavy atom. The molecule has 0 aliphatic rings. The third-order valence-corrected chi connectivity index (χ3v) is 2.03. The average Bonchev–Trinajstić information content (AvgIpc) is 2.18. The van der Waals surface area contributed by atoms with Gasteiger partial charge in [-0.1, -0.05) is 24.3 Å². The Morgan fingerprint density at radius 1 is 1.43 bits per heavy atom. The number of carbonyl (C=O) groups is 1. The fraction of sp³-hybridized carbons (Fsp3) is 0.364. The molecule has 0 amide bonds. The van der Waals surface area contributed by atoms with Crippen LogP contribution in [0, 0.1) is 0 Å². The van der Waals surface area contributed by atoms with Crippen LogP contribution in [-0.4, -0.2) is 12.6 Å². The Labute approximate surface area is 83.3 Å². The van der Waals surface area contributed by atoms with E-state index in [1.165, 1.54) is 12.1 Å². The van der Waals surface area contributed by atoms with Crippen molar-refractivity contribution in [2.24, 2.45) is 0 Å². The molecule has 1 atom stereocenters. The van der Waals surface area contributed by atoms with Gasteiger partial charge in [-0.2, -0.15) is 0 Å². The van der Waals surface area contributed by atoms with Crippen molar-refractivity contribution in [2.75, 3.05) is 6.61 Å². The Kier molecular flexibility index (Phi) is 3.65. The lowest BCUT2D eigenvalue weighted by atomic mass is 10.1. The quantitative estimate of drug-likeness (QED) is 0.720. The van der Waals surface area contributed by atoms with Gasteiger partial charge < -0.3 is 14.6 Å². The van der Waals surface area contributed by atoms with Crippen molar-refractivity contribution in [1.29, 1.82) is 0 Å². The molecule has 0 heterocycles. The summed E-state index contributed by atoms with van der Waals surface area (Å²) in [6.45, 7) is 4.49. The van der Waals surface area contributed by atoms with Gasteiger partial charge in [0, 0.05) is 6.61 Å². The number of rotatable bonds is 4. The maximum absolute atomic E-state index is 10.5. The predicted octanol–water partition coefficient (Wildman–Crippen LogP) is 1.15. The van der Waals surface area contributed by atoms with E-state index in [4.69, 9.17) is 4.74 Å². The Hall–Kier alpha value is -1.35. The fourth-order valence-electron chi connectivity index (χ4n) is 1.24. The van der Waals surface area contributed by atoms with Crippen LogP contribution in [-0.2, 0) is 4.74 Å². The largest absolute Gasteiger partial charge is 0.545 e. The smallest absolute Gasteiger partial charge is 0.0796 e. The highest BCUT2D eigenvalue weighted by molar-refractivity contribution is 5.85. The van der Waals surface area contributed by atoms with Crippen LogP contribution in [0.5, 0.6) is 0 Å². The molecule has 0 saturated heterocycles. The molecule has 0 N–H and O–H groups in total. The minimum absolute atomic E-state index is 0.00389. The van der Waals surface area contributed by atoms with E-state index in [-0.39, 0.29) is 11.7 Å². The van der Waals surface area contributed by atoms with Crippen molar-refractivity contribution in [2.45, 2.75) is 20.0 Å². The van der Waals surface area contributed by atoms with Gasteiger partial charge in [-0.15, -0.1) is 0 Å². The van der Waals surface area contributed by atoms with Crippen LogP contribution in [0.1, 0.15) is 35.9 Å². The molecule has 0 aliphatic heterocycles. The zero-order valence-electron chi connectivity index (χ0n) is 8.32. The second-order valence-corrected chi connectivity index (χ2v) is 3.01. The van der Waals surface area contributed by atoms with Crippen molar-refractivity contribution in [1.82, 2.24) is 0 Å². The van der Waals surface area contributed by atoms with Crippen molar-refractivity contribution in [3.63, 3.8) is 0 Å². The minimum atomic E-state index is -1.15. The monoisotopic (exact) mass is 193 g/mol. The molecule has 1 unspecified atom stereocenters. The van der Waals surface area contributed by atoms with E-state index in [1.807, 2.05) is 13.8 Å². The highest BCUT2D eigenvalue weighted by Gasteiger charge is 2.04. The molecule has 0 aromatic heterocycles. The molecule has 76 valence electrons. The second-order valence-electron chi connectivity index (χ2n) is 3.01. The SMILES string of the molecule is CCOC(C)c1ccc(C(=O)[O-])cc1. The highest BCUT2D eigenvalue weighted by atomic mass is 16.5. The van der Waals surface area contributed by atoms with E-state index in [9.17, 15) is 9.90 Å². The van der Waals surface area contributed by atoms with Gasteiger partial charge in [0.2, 0.25) is 0 Å². The summed E-state index contributed by atoms with van der Waals surface area (Å²) in [5.74, 6) is -1.15. The summed E-state index contributed by atoms with van der Waals surface area (Å²) in [7, 11) is 0. The highest BCUT2D eigenvalue weighted by Crippen LogP contribution is 2.16. The standard InChI is InChI=1S/C11H14O3/c1-3-14-8(2)9-4-6-10(7-5-9)11(12)13/h4-8H,3H2,1-2H3,(H,12,13)/p-1. The summed E-state index contributed by atoms with van der Waals surface area (Å²) < 4.78 is 5.37. The van der Waals surface area contributed by atoms with E-state index in [2.05, 4.69) is 0 Å². The van der Waals surface area contributed by atoms with Gasteiger partial charge in [0.05, 0.1) is 12.1 Å². The first-order chi connectivity index (χ1) is 6.65. The molecule has 0 fully saturated rings. The van der Waals surface area contributed by atoms with E-state index in [0.717, 1.165) is 5.56 Å². The molecule has 1 aromatic rings. The minimum Gasteiger partial charge on any atom is -0.545 e. The first kappa shape index (κ1) is 10.7. The van der Waals surface area contributed by atoms with Gasteiger partial charge in [0.25, 0.3) is 0 Å². The van der Waals surface area contributed by atoms with Gasteiger partial charge in [-0.25, -0.2) is 0 Å². The molecule has 1 rings (SSSR count). The molecule has 3 nitrogen and oxygen atoms in total. The summed E-state index contributed by atoms with van der Waals surface area (Å²) >= 11 is 0. The van der Waals surface area contributed by atoms with Gasteiger partial charge in [-0.3, -0.25) is 0 Å². The lowest BCUT2D eigenvalue weighted by Crippen LogP contribution is -2.22. The number of ether oxygens (including phenoxy) is 1. The zero-order chi connectivity index (χ0) is 10.6. The van der Waals surface area contributed by atoms with Crippen LogP contribution in [0.2, 0.25) is 0 Å². The van der Waals surface area contributed by atoms with Gasteiger partial charge in [0.15, 0.2) is 0 Å². The molecule has 0 aliphatic carbocycles. The molecular formula is C11H13O3-. The van der Waals surface area contributed by atoms with Crippen molar-refractivity contribution in [3.05, 3.63) is 35.4 Å². The number of benzene rings is 1. The van der Waals surface area contributed by atoms with E-state index >= 15 is 0 Å². The van der Waals surface area contributed by atoms with Crippen LogP contribution in [0.3, 0.4) is 0 Å². The summed E-state index contributed by atoms with van der Waals surface area (Å²) in [6, 6.07) is 6.54. The number of carboxylic acids is 1. The first-order valence-electron chi connectivity index (χ1n) is 4.58. The first-order valence-corrected chi connectivity index (χ1v) is 4.58. The van der Waals surface area contributed by atoms with Crippen molar-refractivity contribution < 1.29 is 14.6 Å². The number of hydrogen-bond donors (Lipinski definition) is 0. The fourth-order valence-corrected chi connectivity index (χ4v) is 1.24. The molecule has 14 heavy (non-hydrogen) atoms. The maximum atomic E-state index is 10.5. The van der Waals surface area contributed by atoms with Crippen LogP contribution < -0.4 is 5.11 Å². The van der Waals surface area contributed by atoms with Gasteiger partial charge in [-0.05, 0) is 25.0 Å². The molecule has 0 spiro atoms. The number of hydrogen-bond acceptors (Lipinski definition) is 3. The van der Waals surface area contributed by atoms with Gasteiger partial charge in [0.1, 0.15) is 0 Å². The number of carboxylic acid groups (broad SMARTS) is 1. The second kappa shape index (κ2) is 4.77. The predicted molar refractivity (Wildman–Crippen MR) is 50.8 cm³/mol. The van der Waals surface area contributed by atoms with E-state index in [1.54, 1.807) is 12.1 Å². The average molecular weight is 193 g/mol. The topological polar surface area (TPSA) is 49.4 Å². The summed E-state index contributed by atoms with van der Waals surface area (Å²) in [4.78, 5) is 10.5. The van der Waals surface area contributed by atoms with Gasteiger partial charge >= 0.3 is 0 Å². The molecular weight excluding hydrogens is 180 g/mol. The van der Waals surface area contributed by atoms with E-state index < -0.39 is 5.97 Å². The Morgan fingerprint density at radius 3 is 2.43 bits per heavy atom. The zero-order valence-corrected chi connectivity index (χ0v) is 8.32. The Bertz CT molecular complexity index is 303. The lowest BCUT2D eigenvalue weighted by Gasteiger charge is -2.12. The summed E-state index contributed by atoms with van der Waals surface area (Å²) in [5, 5.41) is 10.5. The van der Waals surface area contributed by atoms with Crippen molar-refractivity contribution in [3.8, 4) is 0 Å². The van der Waals surface area contributed by atoms with Crippen LogP contribution in [0.25, 0.3) is 0 Å². The number of carbonyl (C=O) groups excluding carboxylic acids is 1. The number of aromatic carboxylic acids is 1.